The molecule has 0 aromatic carbocycles. The van der Waals surface area contributed by atoms with Crippen molar-refractivity contribution in [2.24, 2.45) is 0 Å². The van der Waals surface area contributed by atoms with E-state index in [9.17, 15) is 14.9 Å². The zero-order valence-electron chi connectivity index (χ0n) is 11.8. The first-order valence-corrected chi connectivity index (χ1v) is 7.44. The van der Waals surface area contributed by atoms with Gasteiger partial charge in [-0.15, -0.1) is 0 Å². The molecule has 22 heavy (non-hydrogen) atoms. The second kappa shape index (κ2) is 7.16. The van der Waals surface area contributed by atoms with Crippen LogP contribution in [0.1, 0.15) is 19.4 Å². The van der Waals surface area contributed by atoms with Crippen LogP contribution in [0.3, 0.4) is 0 Å². The number of amides is 1. The van der Waals surface area contributed by atoms with Crippen molar-refractivity contribution in [3.63, 3.8) is 0 Å². The second-order valence-electron chi connectivity index (χ2n) is 4.57. The fourth-order valence-corrected chi connectivity index (χ4v) is 2.26. The summed E-state index contributed by atoms with van der Waals surface area (Å²) < 4.78 is 3.82. The zero-order chi connectivity index (χ0) is 16.1. The molecule has 1 unspecified atom stereocenters. The van der Waals surface area contributed by atoms with Gasteiger partial charge >= 0.3 is 5.69 Å². The molecule has 0 aliphatic rings. The number of aromatic nitrogens is 4. The molecule has 0 aliphatic carbocycles. The predicted octanol–water partition coefficient (Wildman–Crippen LogP) is 1.52. The third-order valence-corrected chi connectivity index (χ3v) is 3.46. The average Bonchev–Trinajstić information content (AvgIpc) is 3.09. The first-order chi connectivity index (χ1) is 10.5. The third-order valence-electron chi connectivity index (χ3n) is 3.05. The molecule has 0 saturated heterocycles. The van der Waals surface area contributed by atoms with E-state index in [0.717, 1.165) is 4.47 Å². The van der Waals surface area contributed by atoms with E-state index in [-0.39, 0.29) is 11.6 Å². The number of hydrogen-bond acceptors (Lipinski definition) is 5. The fourth-order valence-electron chi connectivity index (χ4n) is 1.96. The molecule has 2 aromatic rings. The summed E-state index contributed by atoms with van der Waals surface area (Å²) in [5.74, 6) is -0.153. The molecular weight excluding hydrogens is 356 g/mol. The highest BCUT2D eigenvalue weighted by Crippen LogP contribution is 2.14. The Balaban J connectivity index is 1.87. The molecule has 0 spiro atoms. The van der Waals surface area contributed by atoms with Crippen molar-refractivity contribution >= 4 is 27.5 Å². The van der Waals surface area contributed by atoms with Crippen molar-refractivity contribution in [3.05, 3.63) is 39.4 Å². The number of nitro groups is 1. The Bertz CT molecular complexity index is 667. The lowest BCUT2D eigenvalue weighted by Crippen LogP contribution is -2.34. The monoisotopic (exact) mass is 370 g/mol. The minimum absolute atomic E-state index is 0.0702. The summed E-state index contributed by atoms with van der Waals surface area (Å²) in [4.78, 5) is 22.2. The molecule has 0 fully saturated rings. The normalized spacial score (nSPS) is 12.1. The van der Waals surface area contributed by atoms with Gasteiger partial charge in [-0.05, 0) is 22.4 Å². The quantitative estimate of drug-likeness (QED) is 0.586. The SMILES string of the molecule is CCC(C(=O)NCCn1cc([N+](=O)[O-])cn1)n1cc(Br)cn1. The highest BCUT2D eigenvalue weighted by atomic mass is 79.9. The summed E-state index contributed by atoms with van der Waals surface area (Å²) in [6.45, 7) is 2.59. The largest absolute Gasteiger partial charge is 0.352 e. The van der Waals surface area contributed by atoms with Crippen LogP contribution in [0.2, 0.25) is 0 Å². The van der Waals surface area contributed by atoms with Crippen LogP contribution in [0.25, 0.3) is 0 Å². The summed E-state index contributed by atoms with van der Waals surface area (Å²) in [5, 5.41) is 21.3. The van der Waals surface area contributed by atoms with Crippen molar-refractivity contribution in [2.45, 2.75) is 25.9 Å². The molecule has 1 amide bonds. The van der Waals surface area contributed by atoms with Crippen LogP contribution >= 0.6 is 15.9 Å². The molecule has 1 N–H and O–H groups in total. The highest BCUT2D eigenvalue weighted by Gasteiger charge is 2.19. The van der Waals surface area contributed by atoms with Gasteiger partial charge in [-0.25, -0.2) is 0 Å². The van der Waals surface area contributed by atoms with E-state index in [0.29, 0.717) is 19.5 Å². The van der Waals surface area contributed by atoms with Crippen molar-refractivity contribution < 1.29 is 9.72 Å². The zero-order valence-corrected chi connectivity index (χ0v) is 13.4. The molecule has 10 heteroatoms. The Labute approximate surface area is 134 Å². The van der Waals surface area contributed by atoms with E-state index in [1.54, 1.807) is 17.1 Å². The number of hydrogen-bond donors (Lipinski definition) is 1. The van der Waals surface area contributed by atoms with Gasteiger partial charge in [0.05, 0.1) is 22.1 Å². The van der Waals surface area contributed by atoms with Gasteiger partial charge in [0, 0.05) is 12.7 Å². The van der Waals surface area contributed by atoms with Crippen molar-refractivity contribution in [1.82, 2.24) is 24.9 Å². The van der Waals surface area contributed by atoms with Crippen LogP contribution in [-0.4, -0.2) is 36.9 Å². The molecule has 118 valence electrons. The molecule has 0 aliphatic heterocycles. The first-order valence-electron chi connectivity index (χ1n) is 6.65. The molecule has 1 atom stereocenters. The van der Waals surface area contributed by atoms with E-state index in [2.05, 4.69) is 31.4 Å². The second-order valence-corrected chi connectivity index (χ2v) is 5.49. The van der Waals surface area contributed by atoms with Crippen LogP contribution in [0.5, 0.6) is 0 Å². The predicted molar refractivity (Wildman–Crippen MR) is 81.1 cm³/mol. The third kappa shape index (κ3) is 3.91. The summed E-state index contributed by atoms with van der Waals surface area (Å²) in [7, 11) is 0. The van der Waals surface area contributed by atoms with E-state index >= 15 is 0 Å². The van der Waals surface area contributed by atoms with Crippen LogP contribution in [0.15, 0.2) is 29.3 Å². The number of rotatable bonds is 7. The van der Waals surface area contributed by atoms with Crippen molar-refractivity contribution in [3.8, 4) is 0 Å². The van der Waals surface area contributed by atoms with Gasteiger partial charge < -0.3 is 5.32 Å². The Kier molecular flexibility index (Phi) is 5.26. The molecule has 0 saturated carbocycles. The van der Waals surface area contributed by atoms with Crippen molar-refractivity contribution in [1.29, 1.82) is 0 Å². The minimum Gasteiger partial charge on any atom is -0.352 e. The van der Waals surface area contributed by atoms with Crippen molar-refractivity contribution in [2.75, 3.05) is 6.54 Å². The van der Waals surface area contributed by atoms with Crippen LogP contribution in [0.4, 0.5) is 5.69 Å². The number of carbonyl (C=O) groups excluding carboxylic acids is 1. The van der Waals surface area contributed by atoms with Gasteiger partial charge in [0.2, 0.25) is 5.91 Å². The Morgan fingerprint density at radius 2 is 2.23 bits per heavy atom. The van der Waals surface area contributed by atoms with Crippen LogP contribution in [0, 0.1) is 10.1 Å². The Morgan fingerprint density at radius 1 is 1.45 bits per heavy atom. The Hall–Kier alpha value is -2.23. The van der Waals surface area contributed by atoms with Crippen LogP contribution in [-0.2, 0) is 11.3 Å². The maximum Gasteiger partial charge on any atom is 0.306 e. The maximum atomic E-state index is 12.2. The molecule has 2 rings (SSSR count). The van der Waals surface area contributed by atoms with Gasteiger partial charge in [0.15, 0.2) is 0 Å². The lowest BCUT2D eigenvalue weighted by Gasteiger charge is -2.15. The van der Waals surface area contributed by atoms with Gasteiger partial charge in [-0.1, -0.05) is 6.92 Å². The minimum atomic E-state index is -0.509. The highest BCUT2D eigenvalue weighted by molar-refractivity contribution is 9.10. The smallest absolute Gasteiger partial charge is 0.306 e. The Morgan fingerprint density at radius 3 is 2.77 bits per heavy atom. The topological polar surface area (TPSA) is 108 Å². The van der Waals surface area contributed by atoms with Crippen LogP contribution < -0.4 is 5.32 Å². The number of carbonyl (C=O) groups is 1. The molecule has 2 heterocycles. The molecule has 0 bridgehead atoms. The lowest BCUT2D eigenvalue weighted by atomic mass is 10.2. The fraction of sp³-hybridized carbons (Fsp3) is 0.417. The van der Waals surface area contributed by atoms with Gasteiger partial charge in [0.25, 0.3) is 0 Å². The number of nitrogens with one attached hydrogen (secondary N) is 1. The lowest BCUT2D eigenvalue weighted by molar-refractivity contribution is -0.385. The number of halogens is 1. The summed E-state index contributed by atoms with van der Waals surface area (Å²) >= 11 is 3.29. The summed E-state index contributed by atoms with van der Waals surface area (Å²) in [6.07, 6.45) is 6.47. The molecule has 2 aromatic heterocycles. The molecule has 0 radical (unpaired) electrons. The molecule has 9 nitrogen and oxygen atoms in total. The average molecular weight is 371 g/mol. The van der Waals surface area contributed by atoms with Gasteiger partial charge in [0.1, 0.15) is 18.4 Å². The van der Waals surface area contributed by atoms with Gasteiger partial charge in [-0.2, -0.15) is 10.2 Å². The standard InChI is InChI=1S/C12H15BrN6O3/c1-2-11(18-7-9(13)5-16-18)12(20)14-3-4-17-8-10(6-15-17)19(21)22/h5-8,11H,2-4H2,1H3,(H,14,20). The number of nitrogens with zero attached hydrogens (tertiary/aromatic N) is 5. The van der Waals surface area contributed by atoms with E-state index in [4.69, 9.17) is 0 Å². The first kappa shape index (κ1) is 16.1. The summed E-state index contributed by atoms with van der Waals surface area (Å²) in [5.41, 5.74) is -0.0702. The van der Waals surface area contributed by atoms with E-state index < -0.39 is 11.0 Å². The van der Waals surface area contributed by atoms with E-state index in [1.165, 1.54) is 17.1 Å². The summed E-state index contributed by atoms with van der Waals surface area (Å²) in [6, 6.07) is -0.391. The molecular formula is C12H15BrN6O3. The van der Waals surface area contributed by atoms with E-state index in [1.807, 2.05) is 6.92 Å². The maximum absolute atomic E-state index is 12.2. The van der Waals surface area contributed by atoms with Gasteiger partial charge in [-0.3, -0.25) is 24.3 Å².